The Kier molecular flexibility index (Phi) is 5.52. The monoisotopic (exact) mass is 338 g/mol. The summed E-state index contributed by atoms with van der Waals surface area (Å²) in [4.78, 5) is 11.9. The highest BCUT2D eigenvalue weighted by Crippen LogP contribution is 2.27. The minimum Gasteiger partial charge on any atom is -0.495 e. The van der Waals surface area contributed by atoms with E-state index in [-0.39, 0.29) is 12.5 Å². The number of benzene rings is 2. The number of anilines is 2. The Hall–Kier alpha value is -1.91. The quantitative estimate of drug-likeness (QED) is 0.851. The van der Waals surface area contributed by atoms with E-state index >= 15 is 0 Å². The second kappa shape index (κ2) is 7.38. The Balaban J connectivity index is 1.94. The maximum atomic E-state index is 11.9. The number of rotatable bonds is 5. The molecule has 4 nitrogen and oxygen atoms in total. The van der Waals surface area contributed by atoms with Crippen LogP contribution in [0.3, 0.4) is 0 Å². The number of aryl methyl sites for hydroxylation is 1. The van der Waals surface area contributed by atoms with E-state index in [1.54, 1.807) is 37.4 Å². The van der Waals surface area contributed by atoms with Crippen molar-refractivity contribution in [1.82, 2.24) is 0 Å². The fraction of sp³-hybridized carbons (Fsp3) is 0.188. The minimum atomic E-state index is -0.197. The zero-order chi connectivity index (χ0) is 16.1. The number of hydrogen-bond donors (Lipinski definition) is 2. The second-order valence-electron chi connectivity index (χ2n) is 4.73. The molecule has 0 atom stereocenters. The average Bonchev–Trinajstić information content (AvgIpc) is 2.48. The van der Waals surface area contributed by atoms with Gasteiger partial charge < -0.3 is 15.4 Å². The molecule has 2 aromatic rings. The number of amides is 1. The van der Waals surface area contributed by atoms with Crippen LogP contribution in [0.1, 0.15) is 5.56 Å². The Bertz CT molecular complexity index is 690. The summed E-state index contributed by atoms with van der Waals surface area (Å²) in [6.07, 6.45) is 0. The van der Waals surface area contributed by atoms with Crippen LogP contribution in [-0.4, -0.2) is 19.6 Å². The molecule has 2 rings (SSSR count). The molecule has 2 aromatic carbocycles. The van der Waals surface area contributed by atoms with Gasteiger partial charge in [-0.1, -0.05) is 29.3 Å². The topological polar surface area (TPSA) is 50.4 Å². The summed E-state index contributed by atoms with van der Waals surface area (Å²) in [5, 5.41) is 6.74. The van der Waals surface area contributed by atoms with E-state index in [0.29, 0.717) is 21.5 Å². The summed E-state index contributed by atoms with van der Waals surface area (Å²) in [5.41, 5.74) is 2.36. The Morgan fingerprint density at radius 3 is 2.55 bits per heavy atom. The SMILES string of the molecule is COc1ccc(NCC(=O)Nc2ccc(C)cc2Cl)cc1Cl. The first-order valence-electron chi connectivity index (χ1n) is 6.63. The van der Waals surface area contributed by atoms with Crippen LogP contribution in [0, 0.1) is 6.92 Å². The number of halogens is 2. The molecule has 0 aliphatic carbocycles. The van der Waals surface area contributed by atoms with Crippen molar-refractivity contribution in [1.29, 1.82) is 0 Å². The van der Waals surface area contributed by atoms with Crippen LogP contribution < -0.4 is 15.4 Å². The number of hydrogen-bond acceptors (Lipinski definition) is 3. The largest absolute Gasteiger partial charge is 0.495 e. The molecule has 116 valence electrons. The lowest BCUT2D eigenvalue weighted by molar-refractivity contribution is -0.114. The molecule has 0 heterocycles. The summed E-state index contributed by atoms with van der Waals surface area (Å²) in [5.74, 6) is 0.390. The first-order valence-corrected chi connectivity index (χ1v) is 7.38. The summed E-state index contributed by atoms with van der Waals surface area (Å²) in [7, 11) is 1.55. The van der Waals surface area contributed by atoms with Crippen molar-refractivity contribution in [2.75, 3.05) is 24.3 Å². The van der Waals surface area contributed by atoms with Crippen molar-refractivity contribution in [3.05, 3.63) is 52.0 Å². The van der Waals surface area contributed by atoms with Gasteiger partial charge in [0.2, 0.25) is 5.91 Å². The molecule has 0 aromatic heterocycles. The van der Waals surface area contributed by atoms with Gasteiger partial charge in [-0.05, 0) is 42.8 Å². The third-order valence-electron chi connectivity index (χ3n) is 3.00. The lowest BCUT2D eigenvalue weighted by Gasteiger charge is -2.10. The standard InChI is InChI=1S/C16H16Cl2N2O2/c1-10-3-5-14(12(17)7-10)20-16(21)9-19-11-4-6-15(22-2)13(18)8-11/h3-8,19H,9H2,1-2H3,(H,20,21). The van der Waals surface area contributed by atoms with Gasteiger partial charge in [0.05, 0.1) is 29.4 Å². The highest BCUT2D eigenvalue weighted by atomic mass is 35.5. The second-order valence-corrected chi connectivity index (χ2v) is 5.55. The van der Waals surface area contributed by atoms with Crippen molar-refractivity contribution in [2.24, 2.45) is 0 Å². The molecule has 0 fully saturated rings. The molecule has 6 heteroatoms. The molecule has 0 radical (unpaired) electrons. The first-order chi connectivity index (χ1) is 10.5. The molecule has 1 amide bonds. The zero-order valence-electron chi connectivity index (χ0n) is 12.2. The molecule has 2 N–H and O–H groups in total. The van der Waals surface area contributed by atoms with Crippen molar-refractivity contribution >= 4 is 40.5 Å². The average molecular weight is 339 g/mol. The number of methoxy groups -OCH3 is 1. The Morgan fingerprint density at radius 2 is 1.91 bits per heavy atom. The highest BCUT2D eigenvalue weighted by molar-refractivity contribution is 6.33. The molecule has 0 saturated heterocycles. The van der Waals surface area contributed by atoms with Gasteiger partial charge >= 0.3 is 0 Å². The smallest absolute Gasteiger partial charge is 0.243 e. The lowest BCUT2D eigenvalue weighted by Crippen LogP contribution is -2.21. The van der Waals surface area contributed by atoms with Gasteiger partial charge in [-0.3, -0.25) is 4.79 Å². The molecular formula is C16H16Cl2N2O2. The highest BCUT2D eigenvalue weighted by Gasteiger charge is 2.07. The zero-order valence-corrected chi connectivity index (χ0v) is 13.8. The number of nitrogens with one attached hydrogen (secondary N) is 2. The predicted molar refractivity (Wildman–Crippen MR) is 91.3 cm³/mol. The Morgan fingerprint density at radius 1 is 1.14 bits per heavy atom. The van der Waals surface area contributed by atoms with E-state index in [9.17, 15) is 4.79 Å². The maximum Gasteiger partial charge on any atom is 0.243 e. The molecule has 0 aliphatic heterocycles. The van der Waals surface area contributed by atoms with E-state index in [1.807, 2.05) is 13.0 Å². The van der Waals surface area contributed by atoms with Gasteiger partial charge in [0.25, 0.3) is 0 Å². The van der Waals surface area contributed by atoms with Crippen LogP contribution in [-0.2, 0) is 4.79 Å². The van der Waals surface area contributed by atoms with E-state index in [2.05, 4.69) is 10.6 Å². The van der Waals surface area contributed by atoms with Crippen molar-refractivity contribution in [2.45, 2.75) is 6.92 Å². The van der Waals surface area contributed by atoms with E-state index < -0.39 is 0 Å². The van der Waals surface area contributed by atoms with Crippen LogP contribution in [0.2, 0.25) is 10.0 Å². The normalized spacial score (nSPS) is 10.2. The summed E-state index contributed by atoms with van der Waals surface area (Å²) in [6.45, 7) is 2.04. The molecule has 0 bridgehead atoms. The van der Waals surface area contributed by atoms with Crippen molar-refractivity contribution in [3.63, 3.8) is 0 Å². The van der Waals surface area contributed by atoms with Gasteiger partial charge in [-0.25, -0.2) is 0 Å². The van der Waals surface area contributed by atoms with Crippen LogP contribution in [0.4, 0.5) is 11.4 Å². The summed E-state index contributed by atoms with van der Waals surface area (Å²) < 4.78 is 5.07. The van der Waals surface area contributed by atoms with E-state index in [0.717, 1.165) is 11.3 Å². The number of ether oxygens (including phenoxy) is 1. The number of carbonyl (C=O) groups is 1. The first kappa shape index (κ1) is 16.5. The third-order valence-corrected chi connectivity index (χ3v) is 3.61. The van der Waals surface area contributed by atoms with Crippen LogP contribution >= 0.6 is 23.2 Å². The van der Waals surface area contributed by atoms with Crippen molar-refractivity contribution < 1.29 is 9.53 Å². The van der Waals surface area contributed by atoms with Gasteiger partial charge in [0.15, 0.2) is 0 Å². The van der Waals surface area contributed by atoms with Gasteiger partial charge in [-0.2, -0.15) is 0 Å². The molecule has 22 heavy (non-hydrogen) atoms. The van der Waals surface area contributed by atoms with Gasteiger partial charge in [0.1, 0.15) is 5.75 Å². The molecular weight excluding hydrogens is 323 g/mol. The van der Waals surface area contributed by atoms with Gasteiger partial charge in [-0.15, -0.1) is 0 Å². The summed E-state index contributed by atoms with van der Waals surface area (Å²) in [6, 6.07) is 10.7. The van der Waals surface area contributed by atoms with E-state index in [1.165, 1.54) is 0 Å². The maximum absolute atomic E-state index is 11.9. The molecule has 0 spiro atoms. The van der Waals surface area contributed by atoms with Crippen LogP contribution in [0.5, 0.6) is 5.75 Å². The van der Waals surface area contributed by atoms with Gasteiger partial charge in [0, 0.05) is 5.69 Å². The fourth-order valence-electron chi connectivity index (χ4n) is 1.87. The molecule has 0 saturated carbocycles. The summed E-state index contributed by atoms with van der Waals surface area (Å²) >= 11 is 12.1. The molecule has 0 aliphatic rings. The third kappa shape index (κ3) is 4.29. The van der Waals surface area contributed by atoms with Crippen molar-refractivity contribution in [3.8, 4) is 5.75 Å². The minimum absolute atomic E-state index is 0.104. The fourth-order valence-corrected chi connectivity index (χ4v) is 2.41. The van der Waals surface area contributed by atoms with Crippen LogP contribution in [0.15, 0.2) is 36.4 Å². The molecule has 0 unspecified atom stereocenters. The Labute approximate surface area is 139 Å². The lowest BCUT2D eigenvalue weighted by atomic mass is 10.2. The van der Waals surface area contributed by atoms with E-state index in [4.69, 9.17) is 27.9 Å². The van der Waals surface area contributed by atoms with Crippen LogP contribution in [0.25, 0.3) is 0 Å². The predicted octanol–water partition coefficient (Wildman–Crippen LogP) is 4.36. The number of carbonyl (C=O) groups excluding carboxylic acids is 1.